The predicted octanol–water partition coefficient (Wildman–Crippen LogP) is 4.68. The zero-order chi connectivity index (χ0) is 23.8. The Morgan fingerprint density at radius 3 is 2.24 bits per heavy atom. The molecule has 6 nitrogen and oxygen atoms in total. The summed E-state index contributed by atoms with van der Waals surface area (Å²) in [7, 11) is 0. The van der Waals surface area contributed by atoms with Gasteiger partial charge in [-0.15, -0.1) is 0 Å². The standard InChI is InChI=1S/C21H13F6N5O/c22-20(23,24)13-6-4-12(5-7-13)17(18-14(21(25,26)27)3-1-8-29-18)30-19(33)15-11-16-28-9-2-10-32(16)31-15/h1-11,17H,(H,30,33). The summed E-state index contributed by atoms with van der Waals surface area (Å²) in [6, 6.07) is 6.67. The number of carbonyl (C=O) groups is 1. The number of halogens is 6. The molecule has 0 radical (unpaired) electrons. The molecule has 0 fully saturated rings. The summed E-state index contributed by atoms with van der Waals surface area (Å²) < 4.78 is 81.0. The fourth-order valence-electron chi connectivity index (χ4n) is 3.21. The van der Waals surface area contributed by atoms with Gasteiger partial charge in [-0.25, -0.2) is 9.50 Å². The van der Waals surface area contributed by atoms with Crippen LogP contribution in [-0.4, -0.2) is 25.5 Å². The van der Waals surface area contributed by atoms with Crippen LogP contribution in [0.3, 0.4) is 0 Å². The molecule has 1 amide bonds. The fourth-order valence-corrected chi connectivity index (χ4v) is 3.21. The number of amides is 1. The molecule has 4 aromatic rings. The van der Waals surface area contributed by atoms with E-state index >= 15 is 0 Å². The molecule has 1 N–H and O–H groups in total. The summed E-state index contributed by atoms with van der Waals surface area (Å²) in [5.74, 6) is -0.857. The first kappa shape index (κ1) is 22.2. The van der Waals surface area contributed by atoms with Crippen molar-refractivity contribution >= 4 is 11.6 Å². The molecular weight excluding hydrogens is 452 g/mol. The minimum atomic E-state index is -4.81. The van der Waals surface area contributed by atoms with Gasteiger partial charge >= 0.3 is 12.4 Å². The second-order valence-corrected chi connectivity index (χ2v) is 6.91. The summed E-state index contributed by atoms with van der Waals surface area (Å²) >= 11 is 0. The Morgan fingerprint density at radius 2 is 1.61 bits per heavy atom. The Labute approximate surface area is 181 Å². The van der Waals surface area contributed by atoms with Gasteiger partial charge in [-0.05, 0) is 35.9 Å². The van der Waals surface area contributed by atoms with Crippen molar-refractivity contribution in [2.75, 3.05) is 0 Å². The van der Waals surface area contributed by atoms with Crippen LogP contribution in [0, 0.1) is 0 Å². The van der Waals surface area contributed by atoms with E-state index in [0.29, 0.717) is 5.65 Å². The fraction of sp³-hybridized carbons (Fsp3) is 0.143. The van der Waals surface area contributed by atoms with Crippen LogP contribution in [0.4, 0.5) is 26.3 Å². The Morgan fingerprint density at radius 1 is 0.909 bits per heavy atom. The number of alkyl halides is 6. The molecule has 0 aliphatic heterocycles. The summed E-state index contributed by atoms with van der Waals surface area (Å²) in [4.78, 5) is 20.7. The van der Waals surface area contributed by atoms with Crippen LogP contribution in [-0.2, 0) is 12.4 Å². The number of nitrogens with zero attached hydrogens (tertiary/aromatic N) is 4. The van der Waals surface area contributed by atoms with E-state index in [1.165, 1.54) is 23.0 Å². The normalized spacial score (nSPS) is 13.2. The molecule has 3 aromatic heterocycles. The van der Waals surface area contributed by atoms with Gasteiger partial charge in [0.05, 0.1) is 22.9 Å². The van der Waals surface area contributed by atoms with E-state index in [1.807, 2.05) is 0 Å². The van der Waals surface area contributed by atoms with E-state index in [-0.39, 0.29) is 11.3 Å². The molecule has 33 heavy (non-hydrogen) atoms. The van der Waals surface area contributed by atoms with Crippen molar-refractivity contribution in [3.8, 4) is 0 Å². The number of benzene rings is 1. The average Bonchev–Trinajstić information content (AvgIpc) is 3.21. The van der Waals surface area contributed by atoms with Crippen LogP contribution < -0.4 is 5.32 Å². The number of hydrogen-bond acceptors (Lipinski definition) is 4. The Kier molecular flexibility index (Phi) is 5.52. The zero-order valence-corrected chi connectivity index (χ0v) is 16.4. The van der Waals surface area contributed by atoms with Crippen molar-refractivity contribution < 1.29 is 31.1 Å². The number of nitrogens with one attached hydrogen (secondary N) is 1. The third kappa shape index (κ3) is 4.64. The average molecular weight is 465 g/mol. The quantitative estimate of drug-likeness (QED) is 0.445. The number of rotatable bonds is 4. The van der Waals surface area contributed by atoms with Crippen molar-refractivity contribution in [3.63, 3.8) is 0 Å². The molecule has 1 unspecified atom stereocenters. The molecule has 0 spiro atoms. The summed E-state index contributed by atoms with van der Waals surface area (Å²) in [5.41, 5.74) is -2.54. The smallest absolute Gasteiger partial charge is 0.338 e. The minimum Gasteiger partial charge on any atom is -0.338 e. The lowest BCUT2D eigenvalue weighted by Gasteiger charge is -2.22. The third-order valence-corrected chi connectivity index (χ3v) is 4.73. The molecule has 0 aliphatic rings. The minimum absolute atomic E-state index is 0.0255. The number of fused-ring (bicyclic) bond motifs is 1. The Hall–Kier alpha value is -3.96. The largest absolute Gasteiger partial charge is 0.418 e. The lowest BCUT2D eigenvalue weighted by atomic mass is 9.97. The lowest BCUT2D eigenvalue weighted by Crippen LogP contribution is -2.32. The molecule has 0 saturated carbocycles. The van der Waals surface area contributed by atoms with E-state index in [1.54, 1.807) is 6.07 Å². The second-order valence-electron chi connectivity index (χ2n) is 6.91. The van der Waals surface area contributed by atoms with Crippen molar-refractivity contribution in [1.29, 1.82) is 0 Å². The maximum absolute atomic E-state index is 13.6. The summed E-state index contributed by atoms with van der Waals surface area (Å²) in [6.45, 7) is 0. The van der Waals surface area contributed by atoms with Gasteiger partial charge in [0.2, 0.25) is 0 Å². The van der Waals surface area contributed by atoms with Crippen LogP contribution in [0.15, 0.2) is 67.1 Å². The molecule has 170 valence electrons. The van der Waals surface area contributed by atoms with Crippen molar-refractivity contribution in [1.82, 2.24) is 24.9 Å². The van der Waals surface area contributed by atoms with Crippen LogP contribution in [0.2, 0.25) is 0 Å². The molecule has 12 heteroatoms. The van der Waals surface area contributed by atoms with E-state index in [2.05, 4.69) is 20.4 Å². The molecule has 0 bridgehead atoms. The second kappa shape index (κ2) is 8.19. The Bertz CT molecular complexity index is 1260. The van der Waals surface area contributed by atoms with Crippen molar-refractivity contribution in [2.24, 2.45) is 0 Å². The number of pyridine rings is 1. The van der Waals surface area contributed by atoms with Gasteiger partial charge in [0.1, 0.15) is 0 Å². The van der Waals surface area contributed by atoms with Crippen molar-refractivity contribution in [2.45, 2.75) is 18.4 Å². The highest BCUT2D eigenvalue weighted by Crippen LogP contribution is 2.36. The molecule has 0 saturated heterocycles. The van der Waals surface area contributed by atoms with Crippen LogP contribution >= 0.6 is 0 Å². The van der Waals surface area contributed by atoms with Crippen LogP contribution in [0.25, 0.3) is 5.65 Å². The summed E-state index contributed by atoms with van der Waals surface area (Å²) in [5, 5.41) is 6.43. The van der Waals surface area contributed by atoms with Gasteiger partial charge in [0, 0.05) is 24.7 Å². The molecule has 4 rings (SSSR count). The van der Waals surface area contributed by atoms with Gasteiger partial charge in [-0.2, -0.15) is 31.4 Å². The molecular formula is C21H13F6N5O. The highest BCUT2D eigenvalue weighted by Gasteiger charge is 2.37. The highest BCUT2D eigenvalue weighted by molar-refractivity contribution is 5.93. The van der Waals surface area contributed by atoms with Crippen LogP contribution in [0.1, 0.15) is 38.9 Å². The van der Waals surface area contributed by atoms with Gasteiger partial charge in [0.15, 0.2) is 11.3 Å². The van der Waals surface area contributed by atoms with E-state index in [0.717, 1.165) is 42.6 Å². The lowest BCUT2D eigenvalue weighted by molar-refractivity contribution is -0.139. The highest BCUT2D eigenvalue weighted by atomic mass is 19.4. The Balaban J connectivity index is 1.77. The first-order valence-electron chi connectivity index (χ1n) is 9.34. The monoisotopic (exact) mass is 465 g/mol. The van der Waals surface area contributed by atoms with E-state index in [4.69, 9.17) is 0 Å². The molecule has 1 atom stereocenters. The van der Waals surface area contributed by atoms with Crippen molar-refractivity contribution in [3.05, 3.63) is 95.2 Å². The third-order valence-electron chi connectivity index (χ3n) is 4.73. The van der Waals surface area contributed by atoms with Crippen LogP contribution in [0.5, 0.6) is 0 Å². The number of carbonyl (C=O) groups excluding carboxylic acids is 1. The topological polar surface area (TPSA) is 72.2 Å². The number of aromatic nitrogens is 4. The molecule has 3 heterocycles. The zero-order valence-electron chi connectivity index (χ0n) is 16.4. The SMILES string of the molecule is O=C(NC(c1ccc(C(F)(F)F)cc1)c1ncccc1C(F)(F)F)c1cc2ncccn2n1. The maximum atomic E-state index is 13.6. The van der Waals surface area contributed by atoms with Gasteiger partial charge < -0.3 is 5.32 Å². The summed E-state index contributed by atoms with van der Waals surface area (Å²) in [6.07, 6.45) is -5.36. The van der Waals surface area contributed by atoms with Gasteiger partial charge in [-0.3, -0.25) is 9.78 Å². The van der Waals surface area contributed by atoms with Gasteiger partial charge in [0.25, 0.3) is 5.91 Å². The van der Waals surface area contributed by atoms with Gasteiger partial charge in [-0.1, -0.05) is 12.1 Å². The number of hydrogen-bond donors (Lipinski definition) is 1. The van der Waals surface area contributed by atoms with E-state index < -0.39 is 41.1 Å². The van der Waals surface area contributed by atoms with E-state index in [9.17, 15) is 31.1 Å². The predicted molar refractivity (Wildman–Crippen MR) is 103 cm³/mol. The maximum Gasteiger partial charge on any atom is 0.418 e. The molecule has 0 aliphatic carbocycles. The molecule has 1 aromatic carbocycles. The first-order chi connectivity index (χ1) is 15.5. The first-order valence-corrected chi connectivity index (χ1v) is 9.34.